The van der Waals surface area contributed by atoms with Crippen LogP contribution in [0.4, 0.5) is 11.4 Å². The summed E-state index contributed by atoms with van der Waals surface area (Å²) in [5.41, 5.74) is 1.89. The molecule has 0 fully saturated rings. The number of hydrogen-bond donors (Lipinski definition) is 1. The summed E-state index contributed by atoms with van der Waals surface area (Å²) in [6.07, 6.45) is 0. The number of halogens is 2. The fraction of sp³-hybridized carbons (Fsp3) is 0.222. The molecule has 5 nitrogen and oxygen atoms in total. The number of carbonyl (C=O) groups is 2. The molecule has 2 amide bonds. The molecule has 0 saturated carbocycles. The van der Waals surface area contributed by atoms with Gasteiger partial charge in [0.05, 0.1) is 28.5 Å². The number of benzene rings is 2. The Bertz CT molecular complexity index is 809. The molecule has 0 bridgehead atoms. The highest BCUT2D eigenvalue weighted by molar-refractivity contribution is 6.44. The van der Waals surface area contributed by atoms with E-state index in [-0.39, 0.29) is 23.4 Å². The minimum atomic E-state index is -0.379. The van der Waals surface area contributed by atoms with E-state index in [9.17, 15) is 9.59 Å². The number of methoxy groups -OCH3 is 1. The zero-order valence-corrected chi connectivity index (χ0v) is 15.6. The van der Waals surface area contributed by atoms with Crippen molar-refractivity contribution in [1.82, 2.24) is 0 Å². The van der Waals surface area contributed by atoms with Crippen molar-refractivity contribution in [3.8, 4) is 5.75 Å². The molecule has 2 aromatic carbocycles. The van der Waals surface area contributed by atoms with Gasteiger partial charge >= 0.3 is 0 Å². The van der Waals surface area contributed by atoms with Crippen molar-refractivity contribution < 1.29 is 14.3 Å². The first-order chi connectivity index (χ1) is 11.8. The molecule has 1 N–H and O–H groups in total. The van der Waals surface area contributed by atoms with Gasteiger partial charge in [0.15, 0.2) is 0 Å². The summed E-state index contributed by atoms with van der Waals surface area (Å²) in [6, 6.07) is 10.4. The van der Waals surface area contributed by atoms with Crippen LogP contribution in [-0.2, 0) is 9.59 Å². The number of nitrogens with one attached hydrogen (secondary N) is 1. The van der Waals surface area contributed by atoms with Crippen LogP contribution in [-0.4, -0.2) is 25.5 Å². The van der Waals surface area contributed by atoms with E-state index in [1.807, 2.05) is 13.0 Å². The Balaban J connectivity index is 2.23. The van der Waals surface area contributed by atoms with Gasteiger partial charge in [-0.2, -0.15) is 0 Å². The molecule has 0 spiro atoms. The van der Waals surface area contributed by atoms with Crippen molar-refractivity contribution in [3.63, 3.8) is 0 Å². The van der Waals surface area contributed by atoms with Gasteiger partial charge in [0, 0.05) is 6.92 Å². The summed E-state index contributed by atoms with van der Waals surface area (Å²) in [5, 5.41) is 3.29. The lowest BCUT2D eigenvalue weighted by molar-refractivity contribution is -0.120. The van der Waals surface area contributed by atoms with Crippen molar-refractivity contribution in [2.24, 2.45) is 0 Å². The Morgan fingerprint density at radius 1 is 1.20 bits per heavy atom. The molecule has 2 rings (SSSR count). The molecule has 132 valence electrons. The largest absolute Gasteiger partial charge is 0.495 e. The lowest BCUT2D eigenvalue weighted by Crippen LogP contribution is -2.37. The molecular weight excluding hydrogens is 363 g/mol. The molecule has 0 radical (unpaired) electrons. The van der Waals surface area contributed by atoms with E-state index in [0.717, 1.165) is 5.56 Å². The number of rotatable bonds is 5. The van der Waals surface area contributed by atoms with E-state index in [1.54, 1.807) is 30.3 Å². The Morgan fingerprint density at radius 3 is 2.56 bits per heavy atom. The molecule has 0 aliphatic carbocycles. The normalized spacial score (nSPS) is 10.3. The standard InChI is InChI=1S/C18H18Cl2N2O3/c1-11-7-8-16(25-3)14(9-11)21-17(24)10-22(12(2)23)15-6-4-5-13(19)18(15)20/h4-9H,10H2,1-3H3,(H,21,24). The zero-order chi connectivity index (χ0) is 18.6. The van der Waals surface area contributed by atoms with Crippen molar-refractivity contribution in [2.75, 3.05) is 23.9 Å². The van der Waals surface area contributed by atoms with Crippen LogP contribution in [0.15, 0.2) is 36.4 Å². The molecule has 25 heavy (non-hydrogen) atoms. The lowest BCUT2D eigenvalue weighted by Gasteiger charge is -2.22. The van der Waals surface area contributed by atoms with Crippen LogP contribution in [0, 0.1) is 6.92 Å². The van der Waals surface area contributed by atoms with Crippen molar-refractivity contribution >= 4 is 46.4 Å². The smallest absolute Gasteiger partial charge is 0.244 e. The third kappa shape index (κ3) is 4.65. The van der Waals surface area contributed by atoms with Crippen LogP contribution < -0.4 is 15.0 Å². The second kappa shape index (κ2) is 8.23. The summed E-state index contributed by atoms with van der Waals surface area (Å²) in [6.45, 7) is 3.06. The summed E-state index contributed by atoms with van der Waals surface area (Å²) in [5.74, 6) is -0.167. The molecule has 2 aromatic rings. The summed E-state index contributed by atoms with van der Waals surface area (Å²) >= 11 is 12.2. The van der Waals surface area contributed by atoms with Gasteiger partial charge in [-0.15, -0.1) is 0 Å². The minimum Gasteiger partial charge on any atom is -0.495 e. The van der Waals surface area contributed by atoms with Gasteiger partial charge in [-0.1, -0.05) is 35.3 Å². The van der Waals surface area contributed by atoms with E-state index in [1.165, 1.54) is 18.9 Å². The van der Waals surface area contributed by atoms with Crippen LogP contribution in [0.25, 0.3) is 0 Å². The van der Waals surface area contributed by atoms with Crippen LogP contribution in [0.3, 0.4) is 0 Å². The van der Waals surface area contributed by atoms with E-state index >= 15 is 0 Å². The highest BCUT2D eigenvalue weighted by Gasteiger charge is 2.20. The number of nitrogens with zero attached hydrogens (tertiary/aromatic N) is 1. The van der Waals surface area contributed by atoms with Crippen LogP contribution in [0.1, 0.15) is 12.5 Å². The maximum atomic E-state index is 12.4. The van der Waals surface area contributed by atoms with E-state index in [0.29, 0.717) is 22.1 Å². The number of aryl methyl sites for hydroxylation is 1. The molecule has 0 aromatic heterocycles. The van der Waals surface area contributed by atoms with Gasteiger partial charge in [-0.05, 0) is 36.8 Å². The second-order valence-electron chi connectivity index (χ2n) is 5.43. The zero-order valence-electron chi connectivity index (χ0n) is 14.1. The maximum absolute atomic E-state index is 12.4. The molecule has 0 aliphatic heterocycles. The fourth-order valence-electron chi connectivity index (χ4n) is 2.32. The van der Waals surface area contributed by atoms with E-state index in [2.05, 4.69) is 5.32 Å². The summed E-state index contributed by atoms with van der Waals surface area (Å²) < 4.78 is 5.24. The lowest BCUT2D eigenvalue weighted by atomic mass is 10.2. The summed E-state index contributed by atoms with van der Waals surface area (Å²) in [7, 11) is 1.52. The van der Waals surface area contributed by atoms with Gasteiger partial charge < -0.3 is 15.0 Å². The predicted octanol–water partition coefficient (Wildman–Crippen LogP) is 4.30. The number of hydrogen-bond acceptors (Lipinski definition) is 3. The van der Waals surface area contributed by atoms with Crippen molar-refractivity contribution in [3.05, 3.63) is 52.0 Å². The molecule has 0 atom stereocenters. The topological polar surface area (TPSA) is 58.6 Å². The van der Waals surface area contributed by atoms with Gasteiger partial charge in [0.25, 0.3) is 0 Å². The van der Waals surface area contributed by atoms with Crippen molar-refractivity contribution in [1.29, 1.82) is 0 Å². The Kier molecular flexibility index (Phi) is 6.28. The quantitative estimate of drug-likeness (QED) is 0.840. The number of anilines is 2. The predicted molar refractivity (Wildman–Crippen MR) is 101 cm³/mol. The SMILES string of the molecule is COc1ccc(C)cc1NC(=O)CN(C(C)=O)c1cccc(Cl)c1Cl. The summed E-state index contributed by atoms with van der Waals surface area (Å²) in [4.78, 5) is 25.7. The number of ether oxygens (including phenoxy) is 1. The van der Waals surface area contributed by atoms with E-state index in [4.69, 9.17) is 27.9 Å². The highest BCUT2D eigenvalue weighted by atomic mass is 35.5. The molecule has 7 heteroatoms. The Hall–Kier alpha value is -2.24. The fourth-order valence-corrected chi connectivity index (χ4v) is 2.72. The monoisotopic (exact) mass is 380 g/mol. The minimum absolute atomic E-state index is 0.202. The number of amides is 2. The van der Waals surface area contributed by atoms with E-state index < -0.39 is 0 Å². The molecule has 0 aliphatic rings. The van der Waals surface area contributed by atoms with Crippen molar-refractivity contribution in [2.45, 2.75) is 13.8 Å². The van der Waals surface area contributed by atoms with Gasteiger partial charge in [-0.3, -0.25) is 9.59 Å². The van der Waals surface area contributed by atoms with Crippen LogP contribution in [0.5, 0.6) is 5.75 Å². The first-order valence-electron chi connectivity index (χ1n) is 7.50. The first kappa shape index (κ1) is 19.1. The average Bonchev–Trinajstić information content (AvgIpc) is 2.55. The molecule has 0 saturated heterocycles. The number of carbonyl (C=O) groups excluding carboxylic acids is 2. The van der Waals surface area contributed by atoms with Crippen LogP contribution >= 0.6 is 23.2 Å². The third-order valence-corrected chi connectivity index (χ3v) is 4.34. The molecule has 0 unspecified atom stereocenters. The highest BCUT2D eigenvalue weighted by Crippen LogP contribution is 2.32. The second-order valence-corrected chi connectivity index (χ2v) is 6.22. The van der Waals surface area contributed by atoms with Crippen LogP contribution in [0.2, 0.25) is 10.0 Å². The average molecular weight is 381 g/mol. The van der Waals surface area contributed by atoms with Gasteiger partial charge in [0.1, 0.15) is 12.3 Å². The molecule has 0 heterocycles. The van der Waals surface area contributed by atoms with Gasteiger partial charge in [-0.25, -0.2) is 0 Å². The maximum Gasteiger partial charge on any atom is 0.244 e. The Morgan fingerprint density at radius 2 is 1.92 bits per heavy atom. The first-order valence-corrected chi connectivity index (χ1v) is 8.25. The third-order valence-electron chi connectivity index (χ3n) is 3.53. The van der Waals surface area contributed by atoms with Gasteiger partial charge in [0.2, 0.25) is 11.8 Å². The molecular formula is C18H18Cl2N2O3. The Labute approximate surface area is 156 Å².